The van der Waals surface area contributed by atoms with Crippen LogP contribution in [-0.2, 0) is 14.4 Å². The summed E-state index contributed by atoms with van der Waals surface area (Å²) in [5, 5.41) is 14.8. The molecular formula is C25H28N2O4S. The van der Waals surface area contributed by atoms with Gasteiger partial charge in [-0.05, 0) is 75.1 Å². The number of amides is 2. The van der Waals surface area contributed by atoms with Crippen LogP contribution >= 0.6 is 11.8 Å². The SMILES string of the molecule is Cc1ccc(NC(=O)C(C)Sc2cccc(NC(=O)C3CC=CCC3C(=O)O)c2)cc1C. The Hall–Kier alpha value is -3.06. The maximum atomic E-state index is 12.7. The molecule has 2 aromatic carbocycles. The van der Waals surface area contributed by atoms with Crippen LogP contribution < -0.4 is 10.6 Å². The molecule has 0 fully saturated rings. The Morgan fingerprint density at radius 2 is 1.62 bits per heavy atom. The van der Waals surface area contributed by atoms with Crippen LogP contribution in [-0.4, -0.2) is 28.1 Å². The number of carboxylic acids is 1. The number of benzene rings is 2. The number of carbonyl (C=O) groups is 3. The van der Waals surface area contributed by atoms with Crippen LogP contribution in [0.1, 0.15) is 30.9 Å². The topological polar surface area (TPSA) is 95.5 Å². The predicted octanol–water partition coefficient (Wildman–Crippen LogP) is 5.03. The number of hydrogen-bond donors (Lipinski definition) is 3. The van der Waals surface area contributed by atoms with Crippen molar-refractivity contribution in [1.29, 1.82) is 0 Å². The number of thioether (sulfide) groups is 1. The minimum absolute atomic E-state index is 0.106. The number of aliphatic carboxylic acids is 1. The van der Waals surface area contributed by atoms with E-state index in [4.69, 9.17) is 0 Å². The summed E-state index contributed by atoms with van der Waals surface area (Å²) in [5.41, 5.74) is 3.63. The monoisotopic (exact) mass is 452 g/mol. The number of anilines is 2. The molecule has 0 heterocycles. The molecule has 1 aliphatic carbocycles. The van der Waals surface area contributed by atoms with E-state index in [0.29, 0.717) is 18.5 Å². The Labute approximate surface area is 192 Å². The van der Waals surface area contributed by atoms with Crippen molar-refractivity contribution in [3.8, 4) is 0 Å². The molecule has 1 aliphatic rings. The fourth-order valence-corrected chi connectivity index (χ4v) is 4.51. The summed E-state index contributed by atoms with van der Waals surface area (Å²) in [5.74, 6) is -2.68. The smallest absolute Gasteiger partial charge is 0.307 e. The standard InChI is InChI=1S/C25H28N2O4S/c1-15-11-12-19(13-16(15)2)26-23(28)17(3)32-20-8-6-7-18(14-20)27-24(29)21-9-4-5-10-22(21)25(30)31/h4-8,11-14,17,21-22H,9-10H2,1-3H3,(H,26,28)(H,27,29)(H,30,31). The lowest BCUT2D eigenvalue weighted by Gasteiger charge is -2.24. The molecule has 7 heteroatoms. The van der Waals surface area contributed by atoms with Gasteiger partial charge in [0.15, 0.2) is 0 Å². The average Bonchev–Trinajstić information content (AvgIpc) is 2.76. The molecule has 2 aromatic rings. The van der Waals surface area contributed by atoms with Gasteiger partial charge in [-0.3, -0.25) is 14.4 Å². The molecule has 0 bridgehead atoms. The third-order valence-electron chi connectivity index (χ3n) is 5.64. The van der Waals surface area contributed by atoms with E-state index in [1.165, 1.54) is 17.3 Å². The van der Waals surface area contributed by atoms with E-state index in [0.717, 1.165) is 16.1 Å². The van der Waals surface area contributed by atoms with Crippen molar-refractivity contribution >= 4 is 40.9 Å². The van der Waals surface area contributed by atoms with Gasteiger partial charge in [0.25, 0.3) is 0 Å². The Morgan fingerprint density at radius 3 is 2.31 bits per heavy atom. The first-order chi connectivity index (χ1) is 15.2. The summed E-state index contributed by atoms with van der Waals surface area (Å²) >= 11 is 1.39. The zero-order valence-electron chi connectivity index (χ0n) is 18.4. The van der Waals surface area contributed by atoms with E-state index in [2.05, 4.69) is 10.6 Å². The first kappa shape index (κ1) is 23.6. The first-order valence-electron chi connectivity index (χ1n) is 10.6. The Bertz CT molecular complexity index is 1050. The molecule has 6 nitrogen and oxygen atoms in total. The fourth-order valence-electron chi connectivity index (χ4n) is 3.58. The van der Waals surface area contributed by atoms with Crippen LogP contribution in [0.3, 0.4) is 0 Å². The number of allylic oxidation sites excluding steroid dienone is 2. The van der Waals surface area contributed by atoms with Gasteiger partial charge < -0.3 is 15.7 Å². The van der Waals surface area contributed by atoms with Crippen molar-refractivity contribution in [2.75, 3.05) is 10.6 Å². The van der Waals surface area contributed by atoms with Crippen LogP contribution in [0, 0.1) is 25.7 Å². The minimum Gasteiger partial charge on any atom is -0.481 e. The van der Waals surface area contributed by atoms with E-state index in [-0.39, 0.29) is 17.1 Å². The summed E-state index contributed by atoms with van der Waals surface area (Å²) in [4.78, 5) is 37.6. The van der Waals surface area contributed by atoms with Crippen molar-refractivity contribution in [1.82, 2.24) is 0 Å². The molecule has 2 amide bonds. The van der Waals surface area contributed by atoms with Crippen LogP contribution in [0.5, 0.6) is 0 Å². The molecule has 3 N–H and O–H groups in total. The second-order valence-electron chi connectivity index (χ2n) is 8.06. The highest BCUT2D eigenvalue weighted by Crippen LogP contribution is 2.30. The second-order valence-corrected chi connectivity index (χ2v) is 9.47. The van der Waals surface area contributed by atoms with Gasteiger partial charge >= 0.3 is 5.97 Å². The van der Waals surface area contributed by atoms with E-state index in [1.54, 1.807) is 18.2 Å². The van der Waals surface area contributed by atoms with Crippen molar-refractivity contribution in [3.05, 3.63) is 65.7 Å². The van der Waals surface area contributed by atoms with Crippen LogP contribution in [0.4, 0.5) is 11.4 Å². The van der Waals surface area contributed by atoms with Crippen molar-refractivity contribution in [3.63, 3.8) is 0 Å². The summed E-state index contributed by atoms with van der Waals surface area (Å²) in [7, 11) is 0. The zero-order chi connectivity index (χ0) is 23.3. The lowest BCUT2D eigenvalue weighted by Crippen LogP contribution is -2.34. The Balaban J connectivity index is 1.62. The summed E-state index contributed by atoms with van der Waals surface area (Å²) in [6.07, 6.45) is 4.43. The molecule has 168 valence electrons. The van der Waals surface area contributed by atoms with Crippen molar-refractivity contribution in [2.45, 2.75) is 43.8 Å². The minimum atomic E-state index is -0.956. The van der Waals surface area contributed by atoms with Crippen LogP contribution in [0.25, 0.3) is 0 Å². The van der Waals surface area contributed by atoms with Crippen LogP contribution in [0.2, 0.25) is 0 Å². The fraction of sp³-hybridized carbons (Fsp3) is 0.320. The number of nitrogens with one attached hydrogen (secondary N) is 2. The third kappa shape index (κ3) is 6.01. The maximum Gasteiger partial charge on any atom is 0.307 e. The number of rotatable bonds is 7. The van der Waals surface area contributed by atoms with Gasteiger partial charge in [0, 0.05) is 16.3 Å². The predicted molar refractivity (Wildman–Crippen MR) is 128 cm³/mol. The van der Waals surface area contributed by atoms with E-state index >= 15 is 0 Å². The van der Waals surface area contributed by atoms with Crippen LogP contribution in [0.15, 0.2) is 59.5 Å². The molecule has 0 aliphatic heterocycles. The highest BCUT2D eigenvalue weighted by molar-refractivity contribution is 8.00. The molecule has 3 unspecified atom stereocenters. The maximum absolute atomic E-state index is 12.7. The molecular weight excluding hydrogens is 424 g/mol. The molecule has 0 radical (unpaired) electrons. The van der Waals surface area contributed by atoms with Gasteiger partial charge in [-0.2, -0.15) is 0 Å². The van der Waals surface area contributed by atoms with Gasteiger partial charge in [-0.15, -0.1) is 11.8 Å². The van der Waals surface area contributed by atoms with Gasteiger partial charge in [0.05, 0.1) is 17.1 Å². The molecule has 3 atom stereocenters. The van der Waals surface area contributed by atoms with Crippen molar-refractivity contribution < 1.29 is 19.5 Å². The first-order valence-corrected chi connectivity index (χ1v) is 11.5. The normalized spacial score (nSPS) is 18.6. The molecule has 32 heavy (non-hydrogen) atoms. The van der Waals surface area contributed by atoms with E-state index in [1.807, 2.05) is 57.2 Å². The number of aryl methyl sites for hydroxylation is 2. The molecule has 0 spiro atoms. The summed E-state index contributed by atoms with van der Waals surface area (Å²) in [6, 6.07) is 13.1. The summed E-state index contributed by atoms with van der Waals surface area (Å²) < 4.78 is 0. The Morgan fingerprint density at radius 1 is 0.938 bits per heavy atom. The average molecular weight is 453 g/mol. The Kier molecular flexibility index (Phi) is 7.75. The highest BCUT2D eigenvalue weighted by Gasteiger charge is 2.34. The number of carboxylic acid groups (broad SMARTS) is 1. The van der Waals surface area contributed by atoms with Gasteiger partial charge in [-0.25, -0.2) is 0 Å². The van der Waals surface area contributed by atoms with Gasteiger partial charge in [-0.1, -0.05) is 24.3 Å². The highest BCUT2D eigenvalue weighted by atomic mass is 32.2. The zero-order valence-corrected chi connectivity index (χ0v) is 19.2. The van der Waals surface area contributed by atoms with E-state index < -0.39 is 17.8 Å². The van der Waals surface area contributed by atoms with Crippen molar-refractivity contribution in [2.24, 2.45) is 11.8 Å². The lowest BCUT2D eigenvalue weighted by molar-refractivity contribution is -0.146. The number of hydrogen-bond acceptors (Lipinski definition) is 4. The third-order valence-corrected chi connectivity index (χ3v) is 6.74. The quantitative estimate of drug-likeness (QED) is 0.405. The van der Waals surface area contributed by atoms with Gasteiger partial charge in [0.1, 0.15) is 0 Å². The largest absolute Gasteiger partial charge is 0.481 e. The lowest BCUT2D eigenvalue weighted by atomic mass is 9.82. The second kappa shape index (κ2) is 10.5. The molecule has 0 saturated carbocycles. The summed E-state index contributed by atoms with van der Waals surface area (Å²) in [6.45, 7) is 5.86. The molecule has 0 aromatic heterocycles. The number of carbonyl (C=O) groups excluding carboxylic acids is 2. The molecule has 0 saturated heterocycles. The van der Waals surface area contributed by atoms with Gasteiger partial charge in [0.2, 0.25) is 11.8 Å². The molecule has 3 rings (SSSR count). The van der Waals surface area contributed by atoms with E-state index in [9.17, 15) is 19.5 Å².